The standard InChI is InChI=1S/C21H20N2O4S/c1-15-6-5-9-17(10-15)23-19(24)13-28-14-21(25)26-12-20-22-11-18(27-20)16-7-3-2-4-8-16/h2-11H,12-14H2,1H3,(H,23,24). The molecule has 0 spiro atoms. The summed E-state index contributed by atoms with van der Waals surface area (Å²) in [6, 6.07) is 17.1. The Morgan fingerprint density at radius 2 is 1.93 bits per heavy atom. The Hall–Kier alpha value is -3.06. The monoisotopic (exact) mass is 396 g/mol. The molecule has 0 fully saturated rings. The van der Waals surface area contributed by atoms with Crippen LogP contribution in [0.4, 0.5) is 5.69 Å². The van der Waals surface area contributed by atoms with Crippen molar-refractivity contribution in [2.24, 2.45) is 0 Å². The van der Waals surface area contributed by atoms with Gasteiger partial charge in [-0.15, -0.1) is 11.8 Å². The van der Waals surface area contributed by atoms with Crippen molar-refractivity contribution in [3.05, 3.63) is 72.2 Å². The fraction of sp³-hybridized carbons (Fsp3) is 0.190. The smallest absolute Gasteiger partial charge is 0.316 e. The number of aryl methyl sites for hydroxylation is 1. The number of hydrogen-bond donors (Lipinski definition) is 1. The van der Waals surface area contributed by atoms with E-state index in [-0.39, 0.29) is 24.0 Å². The number of benzene rings is 2. The second-order valence-electron chi connectivity index (χ2n) is 6.06. The van der Waals surface area contributed by atoms with Gasteiger partial charge >= 0.3 is 5.97 Å². The quantitative estimate of drug-likeness (QED) is 0.578. The molecule has 2 aromatic carbocycles. The molecule has 3 rings (SSSR count). The van der Waals surface area contributed by atoms with Crippen molar-refractivity contribution in [1.82, 2.24) is 4.98 Å². The number of amides is 1. The lowest BCUT2D eigenvalue weighted by atomic mass is 10.2. The second kappa shape index (κ2) is 9.75. The number of hydrogen-bond acceptors (Lipinski definition) is 6. The summed E-state index contributed by atoms with van der Waals surface area (Å²) >= 11 is 1.19. The molecule has 0 aliphatic carbocycles. The molecular formula is C21H20N2O4S. The molecule has 0 aliphatic heterocycles. The van der Waals surface area contributed by atoms with Crippen molar-refractivity contribution < 1.29 is 18.7 Å². The zero-order valence-corrected chi connectivity index (χ0v) is 16.2. The van der Waals surface area contributed by atoms with Gasteiger partial charge in [0.1, 0.15) is 0 Å². The van der Waals surface area contributed by atoms with E-state index >= 15 is 0 Å². The van der Waals surface area contributed by atoms with Gasteiger partial charge in [-0.25, -0.2) is 4.98 Å². The van der Waals surface area contributed by atoms with Crippen molar-refractivity contribution >= 4 is 29.3 Å². The van der Waals surface area contributed by atoms with Crippen LogP contribution in [0.2, 0.25) is 0 Å². The summed E-state index contributed by atoms with van der Waals surface area (Å²) in [5.41, 5.74) is 2.71. The average Bonchev–Trinajstić information content (AvgIpc) is 3.16. The van der Waals surface area contributed by atoms with Gasteiger partial charge in [-0.05, 0) is 24.6 Å². The van der Waals surface area contributed by atoms with Crippen molar-refractivity contribution in [3.63, 3.8) is 0 Å². The minimum atomic E-state index is -0.423. The van der Waals surface area contributed by atoms with Gasteiger partial charge in [0.2, 0.25) is 11.8 Å². The average molecular weight is 396 g/mol. The zero-order chi connectivity index (χ0) is 19.8. The third-order valence-corrected chi connectivity index (χ3v) is 4.63. The summed E-state index contributed by atoms with van der Waals surface area (Å²) < 4.78 is 10.7. The van der Waals surface area contributed by atoms with E-state index in [9.17, 15) is 9.59 Å². The van der Waals surface area contributed by atoms with Gasteiger partial charge in [-0.2, -0.15) is 0 Å². The maximum Gasteiger partial charge on any atom is 0.316 e. The molecule has 0 unspecified atom stereocenters. The number of anilines is 1. The second-order valence-corrected chi connectivity index (χ2v) is 7.04. The lowest BCUT2D eigenvalue weighted by Crippen LogP contribution is -2.16. The fourth-order valence-electron chi connectivity index (χ4n) is 2.44. The van der Waals surface area contributed by atoms with Gasteiger partial charge in [0.25, 0.3) is 0 Å². The Labute approximate surface area is 167 Å². The molecule has 144 valence electrons. The first-order valence-corrected chi connectivity index (χ1v) is 9.85. The van der Waals surface area contributed by atoms with Crippen LogP contribution >= 0.6 is 11.8 Å². The van der Waals surface area contributed by atoms with E-state index in [0.29, 0.717) is 11.7 Å². The number of rotatable bonds is 8. The Kier molecular flexibility index (Phi) is 6.86. The lowest BCUT2D eigenvalue weighted by Gasteiger charge is -2.06. The molecule has 0 aliphatic rings. The van der Waals surface area contributed by atoms with E-state index in [2.05, 4.69) is 10.3 Å². The number of esters is 1. The molecule has 1 heterocycles. The van der Waals surface area contributed by atoms with E-state index in [1.165, 1.54) is 11.8 Å². The molecule has 0 atom stereocenters. The molecule has 28 heavy (non-hydrogen) atoms. The van der Waals surface area contributed by atoms with E-state index < -0.39 is 5.97 Å². The first kappa shape index (κ1) is 19.7. The number of ether oxygens (including phenoxy) is 1. The minimum absolute atomic E-state index is 0.0400. The third kappa shape index (κ3) is 5.99. The van der Waals surface area contributed by atoms with Crippen LogP contribution in [0.3, 0.4) is 0 Å². The zero-order valence-electron chi connectivity index (χ0n) is 15.4. The molecule has 1 aromatic heterocycles. The highest BCUT2D eigenvalue weighted by atomic mass is 32.2. The Morgan fingerprint density at radius 1 is 1.11 bits per heavy atom. The fourth-order valence-corrected chi connectivity index (χ4v) is 3.05. The van der Waals surface area contributed by atoms with E-state index in [1.54, 1.807) is 6.20 Å². The molecule has 6 nitrogen and oxygen atoms in total. The predicted molar refractivity (Wildman–Crippen MR) is 109 cm³/mol. The van der Waals surface area contributed by atoms with E-state index in [0.717, 1.165) is 16.8 Å². The van der Waals surface area contributed by atoms with Crippen LogP contribution in [0, 0.1) is 6.92 Å². The van der Waals surface area contributed by atoms with E-state index in [4.69, 9.17) is 9.15 Å². The number of carbonyl (C=O) groups excluding carboxylic acids is 2. The van der Waals surface area contributed by atoms with Crippen molar-refractivity contribution in [1.29, 1.82) is 0 Å². The number of oxazole rings is 1. The van der Waals surface area contributed by atoms with Crippen LogP contribution in [0.1, 0.15) is 11.5 Å². The summed E-state index contributed by atoms with van der Waals surface area (Å²) in [6.45, 7) is 1.92. The lowest BCUT2D eigenvalue weighted by molar-refractivity contribution is -0.142. The summed E-state index contributed by atoms with van der Waals surface area (Å²) in [5, 5.41) is 2.80. The van der Waals surface area contributed by atoms with Crippen molar-refractivity contribution in [2.45, 2.75) is 13.5 Å². The number of nitrogens with zero attached hydrogens (tertiary/aromatic N) is 1. The molecule has 3 aromatic rings. The summed E-state index contributed by atoms with van der Waals surface area (Å²) in [6.07, 6.45) is 1.60. The van der Waals surface area contributed by atoms with Gasteiger partial charge < -0.3 is 14.5 Å². The van der Waals surface area contributed by atoms with E-state index in [1.807, 2.05) is 61.5 Å². The topological polar surface area (TPSA) is 81.4 Å². The largest absolute Gasteiger partial charge is 0.455 e. The van der Waals surface area contributed by atoms with Gasteiger partial charge in [0.15, 0.2) is 12.4 Å². The molecule has 0 radical (unpaired) electrons. The Morgan fingerprint density at radius 3 is 2.71 bits per heavy atom. The first-order valence-electron chi connectivity index (χ1n) is 8.70. The highest BCUT2D eigenvalue weighted by Gasteiger charge is 2.11. The van der Waals surface area contributed by atoms with Gasteiger partial charge in [0.05, 0.1) is 17.7 Å². The highest BCUT2D eigenvalue weighted by molar-refractivity contribution is 8.00. The van der Waals surface area contributed by atoms with Gasteiger partial charge in [0, 0.05) is 11.3 Å². The molecule has 0 saturated heterocycles. The molecular weight excluding hydrogens is 376 g/mol. The highest BCUT2D eigenvalue weighted by Crippen LogP contribution is 2.20. The Bertz CT molecular complexity index is 940. The maximum absolute atomic E-state index is 11.9. The van der Waals surface area contributed by atoms with Crippen LogP contribution in [0.5, 0.6) is 0 Å². The molecule has 0 bridgehead atoms. The summed E-state index contributed by atoms with van der Waals surface area (Å²) in [7, 11) is 0. The molecule has 1 amide bonds. The predicted octanol–water partition coefficient (Wildman–Crippen LogP) is 4.07. The molecule has 7 heteroatoms. The number of aromatic nitrogens is 1. The molecule has 1 N–H and O–H groups in total. The Balaban J connectivity index is 1.37. The van der Waals surface area contributed by atoms with Crippen LogP contribution in [0.15, 0.2) is 65.2 Å². The first-order chi connectivity index (χ1) is 13.6. The summed E-state index contributed by atoms with van der Waals surface area (Å²) in [4.78, 5) is 27.9. The van der Waals surface area contributed by atoms with Crippen LogP contribution in [-0.2, 0) is 20.9 Å². The van der Waals surface area contributed by atoms with Crippen molar-refractivity contribution in [2.75, 3.05) is 16.8 Å². The van der Waals surface area contributed by atoms with Gasteiger partial charge in [-0.1, -0.05) is 42.5 Å². The minimum Gasteiger partial charge on any atom is -0.455 e. The normalized spacial score (nSPS) is 10.5. The number of thioether (sulfide) groups is 1. The number of carbonyl (C=O) groups is 2. The summed E-state index contributed by atoms with van der Waals surface area (Å²) in [5.74, 6) is 0.605. The van der Waals surface area contributed by atoms with Crippen LogP contribution in [0.25, 0.3) is 11.3 Å². The third-order valence-electron chi connectivity index (χ3n) is 3.72. The van der Waals surface area contributed by atoms with Crippen LogP contribution < -0.4 is 5.32 Å². The van der Waals surface area contributed by atoms with Gasteiger partial charge in [-0.3, -0.25) is 9.59 Å². The SMILES string of the molecule is Cc1cccc(NC(=O)CSCC(=O)OCc2ncc(-c3ccccc3)o2)c1. The maximum atomic E-state index is 11.9. The number of nitrogens with one attached hydrogen (secondary N) is 1. The van der Waals surface area contributed by atoms with Crippen LogP contribution in [-0.4, -0.2) is 28.4 Å². The molecule has 0 saturated carbocycles. The van der Waals surface area contributed by atoms with Crippen molar-refractivity contribution in [3.8, 4) is 11.3 Å².